The van der Waals surface area contributed by atoms with Crippen LogP contribution in [0.4, 0.5) is 0 Å². The van der Waals surface area contributed by atoms with Crippen molar-refractivity contribution >= 4 is 15.8 Å². The Bertz CT molecular complexity index is 684. The zero-order valence-corrected chi connectivity index (χ0v) is 17.4. The summed E-state index contributed by atoms with van der Waals surface area (Å²) in [5.41, 5.74) is 0.867. The lowest BCUT2D eigenvalue weighted by atomic mass is 9.90. The van der Waals surface area contributed by atoms with E-state index in [0.717, 1.165) is 24.8 Å². The highest BCUT2D eigenvalue weighted by Crippen LogP contribution is 2.35. The Labute approximate surface area is 162 Å². The van der Waals surface area contributed by atoms with E-state index < -0.39 is 15.8 Å². The van der Waals surface area contributed by atoms with E-state index in [4.69, 9.17) is 9.47 Å². The summed E-state index contributed by atoms with van der Waals surface area (Å²) in [6.45, 7) is 4.23. The standard InChI is InChI=1S/C20H32O6S/c1-4-6-8-16(14-20(21)22)18-10-9-17(15-19(18)25-3)26-11-7-13-27(23,24)12-5-2/h9-10,15-16H,4-8,11-14H2,1-3H3,(H,21,22). The highest BCUT2D eigenvalue weighted by Gasteiger charge is 2.20. The van der Waals surface area contributed by atoms with E-state index in [1.54, 1.807) is 19.2 Å². The number of unbranched alkanes of at least 4 members (excludes halogenated alkanes) is 1. The van der Waals surface area contributed by atoms with Crippen molar-refractivity contribution in [2.75, 3.05) is 25.2 Å². The van der Waals surface area contributed by atoms with E-state index in [-0.39, 0.29) is 23.8 Å². The minimum atomic E-state index is -3.00. The maximum absolute atomic E-state index is 11.7. The van der Waals surface area contributed by atoms with Crippen LogP contribution < -0.4 is 9.47 Å². The number of sulfone groups is 1. The summed E-state index contributed by atoms with van der Waals surface area (Å²) in [6, 6.07) is 5.39. The molecule has 7 heteroatoms. The van der Waals surface area contributed by atoms with Crippen molar-refractivity contribution in [1.82, 2.24) is 0 Å². The number of aliphatic carboxylic acids is 1. The van der Waals surface area contributed by atoms with Gasteiger partial charge in [0.1, 0.15) is 21.3 Å². The molecule has 0 saturated carbocycles. The van der Waals surface area contributed by atoms with E-state index in [0.29, 0.717) is 30.9 Å². The molecule has 1 rings (SSSR count). The number of hydrogen-bond acceptors (Lipinski definition) is 5. The lowest BCUT2D eigenvalue weighted by molar-refractivity contribution is -0.137. The highest BCUT2D eigenvalue weighted by atomic mass is 32.2. The number of methoxy groups -OCH3 is 1. The normalized spacial score (nSPS) is 12.6. The van der Waals surface area contributed by atoms with Crippen LogP contribution in [0.15, 0.2) is 18.2 Å². The summed E-state index contributed by atoms with van der Waals surface area (Å²) in [4.78, 5) is 11.2. The molecule has 0 aliphatic carbocycles. The Morgan fingerprint density at radius 1 is 1.15 bits per heavy atom. The Hall–Kier alpha value is -1.76. The van der Waals surface area contributed by atoms with E-state index in [1.807, 2.05) is 13.0 Å². The average molecular weight is 401 g/mol. The number of carbonyl (C=O) groups is 1. The van der Waals surface area contributed by atoms with E-state index in [9.17, 15) is 18.3 Å². The van der Waals surface area contributed by atoms with Crippen LogP contribution in [-0.2, 0) is 14.6 Å². The third-order valence-electron chi connectivity index (χ3n) is 4.36. The smallest absolute Gasteiger partial charge is 0.303 e. The van der Waals surface area contributed by atoms with Gasteiger partial charge in [-0.1, -0.05) is 32.8 Å². The average Bonchev–Trinajstić information content (AvgIpc) is 2.61. The first-order chi connectivity index (χ1) is 12.8. The molecule has 6 nitrogen and oxygen atoms in total. The summed E-state index contributed by atoms with van der Waals surface area (Å²) in [6.07, 6.45) is 3.86. The van der Waals surface area contributed by atoms with Crippen molar-refractivity contribution in [3.63, 3.8) is 0 Å². The number of benzene rings is 1. The van der Waals surface area contributed by atoms with Gasteiger partial charge in [-0.3, -0.25) is 4.79 Å². The molecule has 0 heterocycles. The van der Waals surface area contributed by atoms with E-state index >= 15 is 0 Å². The number of hydrogen-bond donors (Lipinski definition) is 1. The van der Waals surface area contributed by atoms with Crippen LogP contribution in [0, 0.1) is 0 Å². The number of rotatable bonds is 14. The second-order valence-corrected chi connectivity index (χ2v) is 9.00. The van der Waals surface area contributed by atoms with Crippen LogP contribution in [-0.4, -0.2) is 44.7 Å². The van der Waals surface area contributed by atoms with Gasteiger partial charge >= 0.3 is 5.97 Å². The van der Waals surface area contributed by atoms with Crippen LogP contribution >= 0.6 is 0 Å². The molecular weight excluding hydrogens is 368 g/mol. The first-order valence-electron chi connectivity index (χ1n) is 9.55. The third kappa shape index (κ3) is 8.65. The van der Waals surface area contributed by atoms with Gasteiger partial charge in [0.05, 0.1) is 25.9 Å². The molecule has 0 aliphatic heterocycles. The Balaban J connectivity index is 2.76. The molecule has 0 aromatic heterocycles. The largest absolute Gasteiger partial charge is 0.496 e. The van der Waals surface area contributed by atoms with Gasteiger partial charge in [-0.25, -0.2) is 8.42 Å². The molecule has 1 N–H and O–H groups in total. The summed E-state index contributed by atoms with van der Waals surface area (Å²) >= 11 is 0. The van der Waals surface area contributed by atoms with Crippen LogP contribution in [0.5, 0.6) is 11.5 Å². The lowest BCUT2D eigenvalue weighted by Gasteiger charge is -2.19. The summed E-state index contributed by atoms with van der Waals surface area (Å²) in [7, 11) is -1.44. The van der Waals surface area contributed by atoms with Gasteiger partial charge in [0, 0.05) is 11.8 Å². The number of ether oxygens (including phenoxy) is 2. The summed E-state index contributed by atoms with van der Waals surface area (Å²) < 4.78 is 34.5. The minimum absolute atomic E-state index is 0.0614. The van der Waals surface area contributed by atoms with E-state index in [2.05, 4.69) is 6.92 Å². The molecule has 1 aromatic carbocycles. The van der Waals surface area contributed by atoms with Gasteiger partial charge in [-0.2, -0.15) is 0 Å². The van der Waals surface area contributed by atoms with E-state index in [1.165, 1.54) is 0 Å². The monoisotopic (exact) mass is 400 g/mol. The first-order valence-corrected chi connectivity index (χ1v) is 11.4. The van der Waals surface area contributed by atoms with Crippen LogP contribution in [0.3, 0.4) is 0 Å². The summed E-state index contributed by atoms with van der Waals surface area (Å²) in [5, 5.41) is 9.20. The van der Waals surface area contributed by atoms with Crippen molar-refractivity contribution in [3.8, 4) is 11.5 Å². The molecule has 1 unspecified atom stereocenters. The third-order valence-corrected chi connectivity index (χ3v) is 6.30. The second-order valence-electron chi connectivity index (χ2n) is 6.69. The van der Waals surface area contributed by atoms with Crippen molar-refractivity contribution in [2.24, 2.45) is 0 Å². The molecule has 1 aromatic rings. The molecule has 0 amide bonds. The van der Waals surface area contributed by atoms with Crippen LogP contribution in [0.25, 0.3) is 0 Å². The lowest BCUT2D eigenvalue weighted by Crippen LogP contribution is -2.13. The zero-order chi connectivity index (χ0) is 20.3. The highest BCUT2D eigenvalue weighted by molar-refractivity contribution is 7.91. The summed E-state index contributed by atoms with van der Waals surface area (Å²) in [5.74, 6) is 0.588. The fourth-order valence-electron chi connectivity index (χ4n) is 3.03. The maximum Gasteiger partial charge on any atom is 0.303 e. The fraction of sp³-hybridized carbons (Fsp3) is 0.650. The molecule has 0 spiro atoms. The van der Waals surface area contributed by atoms with Crippen molar-refractivity contribution in [3.05, 3.63) is 23.8 Å². The second kappa shape index (κ2) is 11.8. The van der Waals surface area contributed by atoms with Crippen molar-refractivity contribution < 1.29 is 27.8 Å². The van der Waals surface area contributed by atoms with Crippen molar-refractivity contribution in [1.29, 1.82) is 0 Å². The molecular formula is C20H32O6S. The molecule has 0 aliphatic rings. The molecule has 27 heavy (non-hydrogen) atoms. The minimum Gasteiger partial charge on any atom is -0.496 e. The van der Waals surface area contributed by atoms with Crippen molar-refractivity contribution in [2.45, 2.75) is 58.3 Å². The predicted molar refractivity (Wildman–Crippen MR) is 107 cm³/mol. The Morgan fingerprint density at radius 2 is 1.89 bits per heavy atom. The van der Waals surface area contributed by atoms with Crippen LogP contribution in [0.2, 0.25) is 0 Å². The molecule has 154 valence electrons. The van der Waals surface area contributed by atoms with Gasteiger partial charge in [0.15, 0.2) is 0 Å². The molecule has 0 fully saturated rings. The first kappa shape index (κ1) is 23.3. The SMILES string of the molecule is CCCCC(CC(=O)O)c1ccc(OCCCS(=O)(=O)CCC)cc1OC. The number of carboxylic acid groups (broad SMARTS) is 1. The maximum atomic E-state index is 11.7. The van der Waals surface area contributed by atoms with Gasteiger partial charge in [-0.15, -0.1) is 0 Å². The van der Waals surface area contributed by atoms with Gasteiger partial charge in [0.25, 0.3) is 0 Å². The number of carboxylic acids is 1. The molecule has 1 atom stereocenters. The molecule has 0 radical (unpaired) electrons. The quantitative estimate of drug-likeness (QED) is 0.474. The van der Waals surface area contributed by atoms with Gasteiger partial charge < -0.3 is 14.6 Å². The predicted octanol–water partition coefficient (Wildman–Crippen LogP) is 4.04. The zero-order valence-electron chi connectivity index (χ0n) is 16.6. The Morgan fingerprint density at radius 3 is 2.48 bits per heavy atom. The van der Waals surface area contributed by atoms with Gasteiger partial charge in [-0.05, 0) is 36.8 Å². The van der Waals surface area contributed by atoms with Crippen LogP contribution in [0.1, 0.15) is 63.9 Å². The topological polar surface area (TPSA) is 89.9 Å². The Kier molecular flexibility index (Phi) is 10.2. The molecule has 0 saturated heterocycles. The molecule has 0 bridgehead atoms. The van der Waals surface area contributed by atoms with Gasteiger partial charge in [0.2, 0.25) is 0 Å². The fourth-order valence-corrected chi connectivity index (χ4v) is 4.41.